The van der Waals surface area contributed by atoms with E-state index in [1.54, 1.807) is 0 Å². The largest absolute Gasteiger partial charge is 0.494 e. The summed E-state index contributed by atoms with van der Waals surface area (Å²) in [6.07, 6.45) is 7.40. The minimum Gasteiger partial charge on any atom is -0.494 e. The second kappa shape index (κ2) is 9.06. The molecule has 0 bridgehead atoms. The van der Waals surface area contributed by atoms with Crippen molar-refractivity contribution in [1.29, 1.82) is 0 Å². The van der Waals surface area contributed by atoms with E-state index in [0.29, 0.717) is 12.1 Å². The molecule has 0 aliphatic carbocycles. The van der Waals surface area contributed by atoms with Crippen molar-refractivity contribution in [1.82, 2.24) is 5.32 Å². The van der Waals surface area contributed by atoms with E-state index >= 15 is 0 Å². The molecule has 1 aliphatic rings. The van der Waals surface area contributed by atoms with Gasteiger partial charge in [-0.3, -0.25) is 0 Å². The van der Waals surface area contributed by atoms with Crippen LogP contribution in [0.4, 0.5) is 0 Å². The molecular weight excluding hydrogens is 262 g/mol. The van der Waals surface area contributed by atoms with Gasteiger partial charge in [0.2, 0.25) is 0 Å². The maximum absolute atomic E-state index is 5.80. The quantitative estimate of drug-likeness (QED) is 0.706. The van der Waals surface area contributed by atoms with Crippen molar-refractivity contribution < 1.29 is 9.47 Å². The zero-order valence-electron chi connectivity index (χ0n) is 13.4. The highest BCUT2D eigenvalue weighted by Gasteiger charge is 2.14. The normalized spacial score (nSPS) is 19.6. The third kappa shape index (κ3) is 6.06. The minimum absolute atomic E-state index is 0.477. The van der Waals surface area contributed by atoms with Crippen LogP contribution in [0.25, 0.3) is 0 Å². The van der Waals surface area contributed by atoms with E-state index in [-0.39, 0.29) is 0 Å². The summed E-state index contributed by atoms with van der Waals surface area (Å²) in [5.74, 6) is 0.979. The fourth-order valence-corrected chi connectivity index (χ4v) is 2.65. The van der Waals surface area contributed by atoms with Crippen LogP contribution in [0, 0.1) is 0 Å². The van der Waals surface area contributed by atoms with Crippen molar-refractivity contribution in [2.45, 2.75) is 57.6 Å². The lowest BCUT2D eigenvalue weighted by Crippen LogP contribution is -2.21. The lowest BCUT2D eigenvalue weighted by atomic mass is 10.1. The minimum atomic E-state index is 0.477. The summed E-state index contributed by atoms with van der Waals surface area (Å²) in [6.45, 7) is 3.95. The highest BCUT2D eigenvalue weighted by molar-refractivity contribution is 5.27. The van der Waals surface area contributed by atoms with Crippen molar-refractivity contribution in [2.24, 2.45) is 0 Å². The molecule has 0 spiro atoms. The van der Waals surface area contributed by atoms with E-state index < -0.39 is 0 Å². The molecule has 2 atom stereocenters. The number of hydrogen-bond donors (Lipinski definition) is 1. The zero-order valence-corrected chi connectivity index (χ0v) is 13.4. The Bertz CT molecular complexity index is 385. The second-order valence-corrected chi connectivity index (χ2v) is 6.00. The molecule has 0 amide bonds. The number of benzene rings is 1. The summed E-state index contributed by atoms with van der Waals surface area (Å²) >= 11 is 0. The predicted molar refractivity (Wildman–Crippen MR) is 87.0 cm³/mol. The maximum Gasteiger partial charge on any atom is 0.119 e. The van der Waals surface area contributed by atoms with E-state index in [4.69, 9.17) is 9.47 Å². The van der Waals surface area contributed by atoms with Crippen LogP contribution in [0.3, 0.4) is 0 Å². The number of nitrogens with one attached hydrogen (secondary N) is 1. The third-order valence-electron chi connectivity index (χ3n) is 4.25. The Kier molecular flexibility index (Phi) is 7.04. The van der Waals surface area contributed by atoms with Gasteiger partial charge in [0.05, 0.1) is 12.7 Å². The van der Waals surface area contributed by atoms with Crippen LogP contribution < -0.4 is 10.1 Å². The Hall–Kier alpha value is -1.06. The van der Waals surface area contributed by atoms with Crippen molar-refractivity contribution >= 4 is 0 Å². The molecule has 0 saturated carbocycles. The van der Waals surface area contributed by atoms with Crippen LogP contribution in [0.5, 0.6) is 5.75 Å². The molecule has 1 heterocycles. The van der Waals surface area contributed by atoms with Gasteiger partial charge in [0, 0.05) is 12.6 Å². The summed E-state index contributed by atoms with van der Waals surface area (Å²) in [7, 11) is 2.01. The first-order valence-electron chi connectivity index (χ1n) is 8.28. The van der Waals surface area contributed by atoms with Gasteiger partial charge in [0.25, 0.3) is 0 Å². The van der Waals surface area contributed by atoms with E-state index in [0.717, 1.165) is 44.6 Å². The van der Waals surface area contributed by atoms with Crippen LogP contribution in [0.1, 0.15) is 44.6 Å². The molecule has 0 aromatic heterocycles. The van der Waals surface area contributed by atoms with Gasteiger partial charge in [0.15, 0.2) is 0 Å². The molecule has 2 unspecified atom stereocenters. The summed E-state index contributed by atoms with van der Waals surface area (Å²) < 4.78 is 11.4. The first-order chi connectivity index (χ1) is 10.3. The van der Waals surface area contributed by atoms with Gasteiger partial charge in [-0.1, -0.05) is 12.1 Å². The van der Waals surface area contributed by atoms with E-state index in [1.165, 1.54) is 18.4 Å². The molecule has 1 fully saturated rings. The Labute approximate surface area is 129 Å². The van der Waals surface area contributed by atoms with Crippen molar-refractivity contribution in [3.05, 3.63) is 29.8 Å². The fraction of sp³-hybridized carbons (Fsp3) is 0.667. The monoisotopic (exact) mass is 291 g/mol. The van der Waals surface area contributed by atoms with Crippen LogP contribution >= 0.6 is 0 Å². The molecule has 1 aromatic carbocycles. The number of ether oxygens (including phenoxy) is 2. The van der Waals surface area contributed by atoms with Gasteiger partial charge < -0.3 is 14.8 Å². The summed E-state index contributed by atoms with van der Waals surface area (Å²) in [5, 5.41) is 3.27. The van der Waals surface area contributed by atoms with Crippen LogP contribution in [-0.2, 0) is 11.2 Å². The molecule has 1 N–H and O–H groups in total. The topological polar surface area (TPSA) is 30.5 Å². The van der Waals surface area contributed by atoms with Gasteiger partial charge in [-0.25, -0.2) is 0 Å². The average Bonchev–Trinajstić information content (AvgIpc) is 3.03. The molecule has 0 radical (unpaired) electrons. The van der Waals surface area contributed by atoms with Crippen molar-refractivity contribution in [3.8, 4) is 5.75 Å². The number of hydrogen-bond acceptors (Lipinski definition) is 3. The number of rotatable bonds is 9. The molecule has 3 heteroatoms. The van der Waals surface area contributed by atoms with E-state index in [9.17, 15) is 0 Å². The summed E-state index contributed by atoms with van der Waals surface area (Å²) in [5.41, 5.74) is 1.38. The average molecular weight is 291 g/mol. The molecule has 3 nitrogen and oxygen atoms in total. The predicted octanol–water partition coefficient (Wildman–Crippen LogP) is 3.57. The highest BCUT2D eigenvalue weighted by Crippen LogP contribution is 2.18. The van der Waals surface area contributed by atoms with Gasteiger partial charge in [-0.15, -0.1) is 0 Å². The Morgan fingerprint density at radius 1 is 1.33 bits per heavy atom. The van der Waals surface area contributed by atoms with E-state index in [1.807, 2.05) is 7.05 Å². The van der Waals surface area contributed by atoms with E-state index in [2.05, 4.69) is 36.5 Å². The molecule has 2 rings (SSSR count). The number of aryl methyl sites for hydroxylation is 1. The SMILES string of the molecule is CNC(C)CCc1ccc(OCCCC2CCCO2)cc1. The Balaban J connectivity index is 1.62. The first kappa shape index (κ1) is 16.3. The highest BCUT2D eigenvalue weighted by atomic mass is 16.5. The summed E-state index contributed by atoms with van der Waals surface area (Å²) in [6, 6.07) is 9.10. The molecule has 1 saturated heterocycles. The Morgan fingerprint density at radius 3 is 2.81 bits per heavy atom. The van der Waals surface area contributed by atoms with Crippen molar-refractivity contribution in [2.75, 3.05) is 20.3 Å². The molecule has 1 aliphatic heterocycles. The molecular formula is C18H29NO2. The third-order valence-corrected chi connectivity index (χ3v) is 4.25. The molecule has 1 aromatic rings. The first-order valence-corrected chi connectivity index (χ1v) is 8.28. The second-order valence-electron chi connectivity index (χ2n) is 6.00. The van der Waals surface area contributed by atoms with Crippen LogP contribution in [0.15, 0.2) is 24.3 Å². The standard InChI is InChI=1S/C18H29NO2/c1-15(19-2)7-8-16-9-11-18(12-10-16)21-14-4-6-17-5-3-13-20-17/h9-12,15,17,19H,3-8,13-14H2,1-2H3. The summed E-state index contributed by atoms with van der Waals surface area (Å²) in [4.78, 5) is 0. The van der Waals surface area contributed by atoms with Gasteiger partial charge in [-0.2, -0.15) is 0 Å². The molecule has 21 heavy (non-hydrogen) atoms. The molecule has 118 valence electrons. The van der Waals surface area contributed by atoms with Crippen LogP contribution in [-0.4, -0.2) is 32.4 Å². The lowest BCUT2D eigenvalue weighted by Gasteiger charge is -2.11. The Morgan fingerprint density at radius 2 is 2.14 bits per heavy atom. The zero-order chi connectivity index (χ0) is 14.9. The maximum atomic E-state index is 5.80. The van der Waals surface area contributed by atoms with Crippen LogP contribution in [0.2, 0.25) is 0 Å². The lowest BCUT2D eigenvalue weighted by molar-refractivity contribution is 0.0981. The van der Waals surface area contributed by atoms with Gasteiger partial charge >= 0.3 is 0 Å². The fourth-order valence-electron chi connectivity index (χ4n) is 2.65. The smallest absolute Gasteiger partial charge is 0.119 e. The van der Waals surface area contributed by atoms with Crippen molar-refractivity contribution in [3.63, 3.8) is 0 Å². The van der Waals surface area contributed by atoms with Gasteiger partial charge in [0.1, 0.15) is 5.75 Å². The van der Waals surface area contributed by atoms with Gasteiger partial charge in [-0.05, 0) is 70.2 Å².